The Morgan fingerprint density at radius 3 is 2.77 bits per heavy atom. The van der Waals surface area contributed by atoms with Crippen molar-refractivity contribution in [2.45, 2.75) is 32.0 Å². The van der Waals surface area contributed by atoms with Crippen LogP contribution in [-0.4, -0.2) is 27.7 Å². The Hall–Kier alpha value is -3.14. The maximum Gasteiger partial charge on any atom is 0.250 e. The Balaban J connectivity index is 1.50. The summed E-state index contributed by atoms with van der Waals surface area (Å²) in [6.45, 7) is 3.09. The molecule has 2 aliphatic heterocycles. The van der Waals surface area contributed by atoms with Crippen molar-refractivity contribution in [3.8, 4) is 17.2 Å². The molecule has 2 atom stereocenters. The number of benzene rings is 1. The van der Waals surface area contributed by atoms with E-state index in [0.29, 0.717) is 30.3 Å². The SMILES string of the molecule is N#Cc1cccc(-c2ccc(=O)n3c2C2CC(CN(Cc4ccc(CO)o4)C2)C3)c1. The molecule has 2 unspecified atom stereocenters. The van der Waals surface area contributed by atoms with E-state index < -0.39 is 0 Å². The van der Waals surface area contributed by atoms with Crippen LogP contribution < -0.4 is 5.56 Å². The van der Waals surface area contributed by atoms with E-state index in [1.807, 2.05) is 41.0 Å². The lowest BCUT2D eigenvalue weighted by atomic mass is 9.80. The molecule has 2 bridgehead atoms. The quantitative estimate of drug-likeness (QED) is 0.726. The average Bonchev–Trinajstić information content (AvgIpc) is 3.22. The van der Waals surface area contributed by atoms with Crippen molar-refractivity contribution in [1.29, 1.82) is 5.26 Å². The van der Waals surface area contributed by atoms with Gasteiger partial charge >= 0.3 is 0 Å². The van der Waals surface area contributed by atoms with Gasteiger partial charge in [0.1, 0.15) is 18.1 Å². The standard InChI is InChI=1S/C24H23N3O3/c25-10-16-2-1-3-18(8-16)22-6-7-23(29)27-12-17-9-19(24(22)27)13-26(11-17)14-20-4-5-21(15-28)30-20/h1-8,17,19,28H,9,11-15H2. The van der Waals surface area contributed by atoms with Gasteiger partial charge in [-0.25, -0.2) is 0 Å². The van der Waals surface area contributed by atoms with Crippen molar-refractivity contribution < 1.29 is 9.52 Å². The Kier molecular flexibility index (Phi) is 4.78. The molecule has 2 aromatic heterocycles. The molecule has 3 aromatic rings. The van der Waals surface area contributed by atoms with E-state index in [9.17, 15) is 15.2 Å². The van der Waals surface area contributed by atoms with E-state index in [4.69, 9.17) is 4.42 Å². The first-order chi connectivity index (χ1) is 14.6. The van der Waals surface area contributed by atoms with Gasteiger partial charge in [0.2, 0.25) is 0 Å². The van der Waals surface area contributed by atoms with Gasteiger partial charge in [-0.2, -0.15) is 5.26 Å². The zero-order valence-corrected chi connectivity index (χ0v) is 16.6. The fraction of sp³-hybridized carbons (Fsp3) is 0.333. The summed E-state index contributed by atoms with van der Waals surface area (Å²) in [5, 5.41) is 18.5. The number of nitrogens with zero attached hydrogens (tertiary/aromatic N) is 3. The Bertz CT molecular complexity index is 1190. The summed E-state index contributed by atoms with van der Waals surface area (Å²) >= 11 is 0. The fourth-order valence-corrected chi connectivity index (χ4v) is 5.06. The normalized spacial score (nSPS) is 20.5. The van der Waals surface area contributed by atoms with Crippen LogP contribution in [0.5, 0.6) is 0 Å². The summed E-state index contributed by atoms with van der Waals surface area (Å²) in [4.78, 5) is 15.1. The molecular weight excluding hydrogens is 378 g/mol. The van der Waals surface area contributed by atoms with Crippen LogP contribution in [0.15, 0.2) is 57.7 Å². The van der Waals surface area contributed by atoms with Gasteiger partial charge in [-0.05, 0) is 48.2 Å². The molecule has 0 amide bonds. The van der Waals surface area contributed by atoms with E-state index >= 15 is 0 Å². The van der Waals surface area contributed by atoms with Crippen LogP contribution in [0.25, 0.3) is 11.1 Å². The Morgan fingerprint density at radius 2 is 1.97 bits per heavy atom. The van der Waals surface area contributed by atoms with E-state index in [2.05, 4.69) is 11.0 Å². The summed E-state index contributed by atoms with van der Waals surface area (Å²) in [6.07, 6.45) is 1.06. The summed E-state index contributed by atoms with van der Waals surface area (Å²) < 4.78 is 7.63. The summed E-state index contributed by atoms with van der Waals surface area (Å²) in [6, 6.07) is 17.1. The topological polar surface area (TPSA) is 82.4 Å². The van der Waals surface area contributed by atoms with Crippen LogP contribution in [0.2, 0.25) is 0 Å². The van der Waals surface area contributed by atoms with E-state index in [1.54, 1.807) is 12.1 Å². The van der Waals surface area contributed by atoms with Crippen LogP contribution in [0, 0.1) is 17.2 Å². The number of nitriles is 1. The van der Waals surface area contributed by atoms with Crippen LogP contribution in [0.3, 0.4) is 0 Å². The third-order valence-corrected chi connectivity index (χ3v) is 6.22. The molecule has 30 heavy (non-hydrogen) atoms. The van der Waals surface area contributed by atoms with Crippen LogP contribution in [0.4, 0.5) is 0 Å². The highest BCUT2D eigenvalue weighted by Gasteiger charge is 2.36. The predicted octanol–water partition coefficient (Wildman–Crippen LogP) is 3.09. The van der Waals surface area contributed by atoms with E-state index in [-0.39, 0.29) is 18.1 Å². The van der Waals surface area contributed by atoms with Gasteiger partial charge in [0.05, 0.1) is 18.2 Å². The number of pyridine rings is 1. The van der Waals surface area contributed by atoms with Gasteiger partial charge in [-0.3, -0.25) is 9.69 Å². The highest BCUT2D eigenvalue weighted by Crippen LogP contribution is 2.40. The number of likely N-dealkylation sites (tertiary alicyclic amines) is 1. The Morgan fingerprint density at radius 1 is 1.10 bits per heavy atom. The van der Waals surface area contributed by atoms with Crippen molar-refractivity contribution in [3.63, 3.8) is 0 Å². The van der Waals surface area contributed by atoms with Crippen LogP contribution in [-0.2, 0) is 19.7 Å². The number of aliphatic hydroxyl groups excluding tert-OH is 1. The molecule has 152 valence electrons. The highest BCUT2D eigenvalue weighted by molar-refractivity contribution is 5.68. The summed E-state index contributed by atoms with van der Waals surface area (Å²) in [5.41, 5.74) is 3.76. The molecule has 0 radical (unpaired) electrons. The molecule has 0 saturated carbocycles. The largest absolute Gasteiger partial charge is 0.462 e. The summed E-state index contributed by atoms with van der Waals surface area (Å²) in [7, 11) is 0. The third-order valence-electron chi connectivity index (χ3n) is 6.22. The number of hydrogen-bond acceptors (Lipinski definition) is 5. The number of aromatic nitrogens is 1. The third kappa shape index (κ3) is 3.36. The van der Waals surface area contributed by atoms with Gasteiger partial charge < -0.3 is 14.1 Å². The van der Waals surface area contributed by atoms with Crippen LogP contribution in [0.1, 0.15) is 35.1 Å². The van der Waals surface area contributed by atoms with Crippen LogP contribution >= 0.6 is 0 Å². The zero-order chi connectivity index (χ0) is 20.7. The monoisotopic (exact) mass is 401 g/mol. The number of rotatable bonds is 4. The van der Waals surface area contributed by atoms with Crippen molar-refractivity contribution in [1.82, 2.24) is 9.47 Å². The number of hydrogen-bond donors (Lipinski definition) is 1. The maximum atomic E-state index is 12.7. The molecule has 1 N–H and O–H groups in total. The molecule has 6 heteroatoms. The van der Waals surface area contributed by atoms with Crippen molar-refractivity contribution in [3.05, 3.63) is 81.7 Å². The van der Waals surface area contributed by atoms with Gasteiger partial charge in [0, 0.05) is 42.9 Å². The molecule has 1 fully saturated rings. The lowest BCUT2D eigenvalue weighted by Gasteiger charge is -2.43. The smallest absolute Gasteiger partial charge is 0.250 e. The summed E-state index contributed by atoms with van der Waals surface area (Å²) in [5.74, 6) is 2.10. The minimum atomic E-state index is -0.0906. The first-order valence-electron chi connectivity index (χ1n) is 10.3. The van der Waals surface area contributed by atoms with Gasteiger partial charge in [-0.1, -0.05) is 12.1 Å². The molecule has 0 aliphatic carbocycles. The molecule has 1 aromatic carbocycles. The molecule has 6 nitrogen and oxygen atoms in total. The molecule has 0 spiro atoms. The van der Waals surface area contributed by atoms with Gasteiger partial charge in [-0.15, -0.1) is 0 Å². The maximum absolute atomic E-state index is 12.7. The second-order valence-electron chi connectivity index (χ2n) is 8.29. The van der Waals surface area contributed by atoms with Gasteiger partial charge in [0.15, 0.2) is 0 Å². The lowest BCUT2D eigenvalue weighted by Crippen LogP contribution is -2.46. The first kappa shape index (κ1) is 18.9. The minimum Gasteiger partial charge on any atom is -0.462 e. The van der Waals surface area contributed by atoms with Gasteiger partial charge in [0.25, 0.3) is 5.56 Å². The fourth-order valence-electron chi connectivity index (χ4n) is 5.06. The number of furan rings is 1. The zero-order valence-electron chi connectivity index (χ0n) is 16.6. The van der Waals surface area contributed by atoms with E-state index in [0.717, 1.165) is 42.1 Å². The van der Waals surface area contributed by atoms with Crippen molar-refractivity contribution in [2.75, 3.05) is 13.1 Å². The minimum absolute atomic E-state index is 0.0481. The molecule has 5 rings (SSSR count). The van der Waals surface area contributed by atoms with Crippen molar-refractivity contribution in [2.24, 2.45) is 5.92 Å². The molecule has 2 aliphatic rings. The van der Waals surface area contributed by atoms with Crippen molar-refractivity contribution >= 4 is 0 Å². The number of fused-ring (bicyclic) bond motifs is 4. The predicted molar refractivity (Wildman–Crippen MR) is 112 cm³/mol. The first-order valence-corrected chi connectivity index (χ1v) is 10.3. The van der Waals surface area contributed by atoms with E-state index in [1.165, 1.54) is 0 Å². The highest BCUT2D eigenvalue weighted by atomic mass is 16.4. The Labute approximate surface area is 174 Å². The number of piperidine rings is 1. The average molecular weight is 401 g/mol. The molecule has 1 saturated heterocycles. The number of aliphatic hydroxyl groups is 1. The lowest BCUT2D eigenvalue weighted by molar-refractivity contribution is 0.107. The second-order valence-corrected chi connectivity index (χ2v) is 8.29. The molecular formula is C24H23N3O3. The second kappa shape index (κ2) is 7.60. The molecule has 4 heterocycles.